The maximum absolute atomic E-state index is 12.5. The monoisotopic (exact) mass is 425 g/mol. The van der Waals surface area contributed by atoms with Gasteiger partial charge in [-0.25, -0.2) is 9.48 Å². The summed E-state index contributed by atoms with van der Waals surface area (Å²) in [4.78, 5) is 37.1. The van der Waals surface area contributed by atoms with Crippen LogP contribution in [0.15, 0.2) is 47.3 Å². The minimum absolute atomic E-state index is 0.0342. The molecular formula is C22H23N3O6. The molecule has 9 nitrogen and oxygen atoms in total. The summed E-state index contributed by atoms with van der Waals surface area (Å²) in [6.07, 6.45) is 0. The minimum atomic E-state index is -0.798. The number of carbonyl (C=O) groups excluding carboxylic acids is 2. The minimum Gasteiger partial charge on any atom is -0.497 e. The Morgan fingerprint density at radius 1 is 1.10 bits per heavy atom. The van der Waals surface area contributed by atoms with Crippen LogP contribution in [0.2, 0.25) is 0 Å². The van der Waals surface area contributed by atoms with Crippen LogP contribution in [-0.4, -0.2) is 42.5 Å². The van der Waals surface area contributed by atoms with E-state index >= 15 is 0 Å². The van der Waals surface area contributed by atoms with Crippen molar-refractivity contribution >= 4 is 22.6 Å². The van der Waals surface area contributed by atoms with Crippen LogP contribution in [0, 0.1) is 0 Å². The number of carbonyl (C=O) groups is 2. The molecular weight excluding hydrogens is 402 g/mol. The third-order valence-electron chi connectivity index (χ3n) is 4.77. The number of hydrogen-bond acceptors (Lipinski definition) is 7. The van der Waals surface area contributed by atoms with Crippen LogP contribution < -0.4 is 20.3 Å². The predicted octanol–water partition coefficient (Wildman–Crippen LogP) is 1.98. The van der Waals surface area contributed by atoms with Crippen molar-refractivity contribution in [2.45, 2.75) is 13.0 Å². The molecule has 1 heterocycles. The number of amides is 1. The summed E-state index contributed by atoms with van der Waals surface area (Å²) in [6.45, 7) is 1.27. The van der Waals surface area contributed by atoms with Gasteiger partial charge in [0.2, 0.25) is 0 Å². The topological polar surface area (TPSA) is 109 Å². The first-order valence-corrected chi connectivity index (χ1v) is 9.50. The summed E-state index contributed by atoms with van der Waals surface area (Å²) in [5, 5.41) is 7.46. The quantitative estimate of drug-likeness (QED) is 0.577. The molecule has 1 amide bonds. The first kappa shape index (κ1) is 21.8. The number of rotatable bonds is 7. The molecule has 2 aromatic carbocycles. The lowest BCUT2D eigenvalue weighted by Gasteiger charge is -2.18. The van der Waals surface area contributed by atoms with E-state index in [4.69, 9.17) is 14.2 Å². The Kier molecular flexibility index (Phi) is 6.54. The summed E-state index contributed by atoms with van der Waals surface area (Å²) in [6, 6.07) is 11.4. The molecule has 31 heavy (non-hydrogen) atoms. The number of fused-ring (bicyclic) bond motifs is 1. The van der Waals surface area contributed by atoms with Crippen molar-refractivity contribution in [2.75, 3.05) is 20.8 Å². The Hall–Kier alpha value is -3.88. The summed E-state index contributed by atoms with van der Waals surface area (Å²) < 4.78 is 16.8. The van der Waals surface area contributed by atoms with Gasteiger partial charge >= 0.3 is 5.97 Å². The van der Waals surface area contributed by atoms with Crippen LogP contribution in [0.5, 0.6) is 11.5 Å². The molecule has 0 saturated heterocycles. The van der Waals surface area contributed by atoms with Gasteiger partial charge in [0.25, 0.3) is 11.5 Å². The van der Waals surface area contributed by atoms with Gasteiger partial charge < -0.3 is 19.5 Å². The summed E-state index contributed by atoms with van der Waals surface area (Å²) in [5.74, 6) is -0.0872. The fourth-order valence-electron chi connectivity index (χ4n) is 3.19. The molecule has 1 N–H and O–H groups in total. The summed E-state index contributed by atoms with van der Waals surface area (Å²) >= 11 is 0. The van der Waals surface area contributed by atoms with Gasteiger partial charge in [-0.05, 0) is 31.2 Å². The summed E-state index contributed by atoms with van der Waals surface area (Å²) in [5.41, 5.74) is 0.353. The van der Waals surface area contributed by atoms with Crippen molar-refractivity contribution in [3.8, 4) is 11.5 Å². The van der Waals surface area contributed by atoms with E-state index < -0.39 is 24.5 Å². The second kappa shape index (κ2) is 9.29. The molecule has 162 valence electrons. The van der Waals surface area contributed by atoms with E-state index in [9.17, 15) is 14.4 Å². The zero-order valence-electron chi connectivity index (χ0n) is 17.7. The van der Waals surface area contributed by atoms with Crippen molar-refractivity contribution < 1.29 is 23.8 Å². The predicted molar refractivity (Wildman–Crippen MR) is 113 cm³/mol. The standard InChI is InChI=1S/C22H23N3O6/c1-13(17-11-14(29-3)9-10-18(17)30-4)23-19(26)12-31-22(28)20-15-7-5-6-8-16(15)21(27)25(2)24-20/h5-11,13H,12H2,1-4H3,(H,23,26). The first-order valence-electron chi connectivity index (χ1n) is 9.50. The maximum Gasteiger partial charge on any atom is 0.359 e. The lowest BCUT2D eigenvalue weighted by atomic mass is 10.1. The van der Waals surface area contributed by atoms with Crippen molar-refractivity contribution in [3.05, 3.63) is 64.1 Å². The largest absolute Gasteiger partial charge is 0.497 e. The highest BCUT2D eigenvalue weighted by molar-refractivity contribution is 6.02. The van der Waals surface area contributed by atoms with E-state index in [0.29, 0.717) is 27.8 Å². The molecule has 3 aromatic rings. The van der Waals surface area contributed by atoms with Crippen LogP contribution in [0.1, 0.15) is 29.0 Å². The molecule has 1 aromatic heterocycles. The third-order valence-corrected chi connectivity index (χ3v) is 4.77. The van der Waals surface area contributed by atoms with Crippen LogP contribution in [0.4, 0.5) is 0 Å². The summed E-state index contributed by atoms with van der Waals surface area (Å²) in [7, 11) is 4.53. The highest BCUT2D eigenvalue weighted by Gasteiger charge is 2.20. The number of ether oxygens (including phenoxy) is 3. The van der Waals surface area contributed by atoms with Gasteiger partial charge in [-0.2, -0.15) is 5.10 Å². The zero-order chi connectivity index (χ0) is 22.5. The van der Waals surface area contributed by atoms with Crippen LogP contribution in [0.3, 0.4) is 0 Å². The average molecular weight is 425 g/mol. The highest BCUT2D eigenvalue weighted by atomic mass is 16.5. The molecule has 0 fully saturated rings. The van der Waals surface area contributed by atoms with Crippen molar-refractivity contribution in [1.82, 2.24) is 15.1 Å². The Bertz CT molecular complexity index is 1190. The number of nitrogens with zero attached hydrogens (tertiary/aromatic N) is 2. The molecule has 0 bridgehead atoms. The molecule has 3 rings (SSSR count). The third kappa shape index (κ3) is 4.66. The molecule has 0 radical (unpaired) electrons. The molecule has 0 aliphatic carbocycles. The lowest BCUT2D eigenvalue weighted by Crippen LogP contribution is -2.32. The fourth-order valence-corrected chi connectivity index (χ4v) is 3.19. The zero-order valence-corrected chi connectivity index (χ0v) is 17.7. The maximum atomic E-state index is 12.5. The van der Waals surface area contributed by atoms with Crippen molar-refractivity contribution in [1.29, 1.82) is 0 Å². The Labute approximate surface area is 178 Å². The van der Waals surface area contributed by atoms with Gasteiger partial charge in [-0.3, -0.25) is 9.59 Å². The van der Waals surface area contributed by atoms with E-state index in [1.807, 2.05) is 0 Å². The molecule has 1 atom stereocenters. The number of methoxy groups -OCH3 is 2. The van der Waals surface area contributed by atoms with Gasteiger partial charge in [0.05, 0.1) is 25.6 Å². The Morgan fingerprint density at radius 3 is 2.48 bits per heavy atom. The van der Waals surface area contributed by atoms with E-state index in [2.05, 4.69) is 10.4 Å². The van der Waals surface area contributed by atoms with E-state index in [-0.39, 0.29) is 11.3 Å². The molecule has 9 heteroatoms. The van der Waals surface area contributed by atoms with E-state index in [0.717, 1.165) is 4.68 Å². The molecule has 0 spiro atoms. The smallest absolute Gasteiger partial charge is 0.359 e. The number of aryl methyl sites for hydroxylation is 1. The first-order chi connectivity index (χ1) is 14.8. The highest BCUT2D eigenvalue weighted by Crippen LogP contribution is 2.29. The number of aromatic nitrogens is 2. The van der Waals surface area contributed by atoms with Crippen LogP contribution >= 0.6 is 0 Å². The van der Waals surface area contributed by atoms with Gasteiger partial charge in [0.1, 0.15) is 11.5 Å². The molecule has 0 saturated carbocycles. The Morgan fingerprint density at radius 2 is 1.81 bits per heavy atom. The van der Waals surface area contributed by atoms with Crippen LogP contribution in [-0.2, 0) is 16.6 Å². The van der Waals surface area contributed by atoms with Gasteiger partial charge in [0.15, 0.2) is 12.3 Å². The second-order valence-electron chi connectivity index (χ2n) is 6.80. The molecule has 1 unspecified atom stereocenters. The average Bonchev–Trinajstić information content (AvgIpc) is 2.79. The number of benzene rings is 2. The van der Waals surface area contributed by atoms with E-state index in [1.54, 1.807) is 56.5 Å². The molecule has 0 aliphatic heterocycles. The number of nitrogens with one attached hydrogen (secondary N) is 1. The normalized spacial score (nSPS) is 11.6. The van der Waals surface area contributed by atoms with Gasteiger partial charge in [-0.1, -0.05) is 18.2 Å². The lowest BCUT2D eigenvalue weighted by molar-refractivity contribution is -0.124. The Balaban J connectivity index is 1.71. The molecule has 0 aliphatic rings. The van der Waals surface area contributed by atoms with Crippen LogP contribution in [0.25, 0.3) is 10.8 Å². The van der Waals surface area contributed by atoms with Gasteiger partial charge in [-0.15, -0.1) is 0 Å². The fraction of sp³-hybridized carbons (Fsp3) is 0.273. The number of esters is 1. The van der Waals surface area contributed by atoms with Gasteiger partial charge in [0, 0.05) is 18.0 Å². The number of hydrogen-bond donors (Lipinski definition) is 1. The van der Waals surface area contributed by atoms with Crippen molar-refractivity contribution in [2.24, 2.45) is 7.05 Å². The SMILES string of the molecule is COc1ccc(OC)c(C(C)NC(=O)COC(=O)c2nn(C)c(=O)c3ccccc23)c1. The second-order valence-corrected chi connectivity index (χ2v) is 6.80. The van der Waals surface area contributed by atoms with E-state index in [1.165, 1.54) is 14.2 Å². The van der Waals surface area contributed by atoms with Crippen molar-refractivity contribution in [3.63, 3.8) is 0 Å².